The Balaban J connectivity index is 2.01. The van der Waals surface area contributed by atoms with Crippen molar-refractivity contribution >= 4 is 29.5 Å². The molecule has 1 aliphatic rings. The average Bonchev–Trinajstić information content (AvgIpc) is 2.77. The van der Waals surface area contributed by atoms with Crippen molar-refractivity contribution < 1.29 is 23.1 Å². The molecule has 0 saturated carbocycles. The van der Waals surface area contributed by atoms with Gasteiger partial charge in [0.1, 0.15) is 6.04 Å². The Morgan fingerprint density at radius 1 is 1.37 bits per heavy atom. The maximum Gasteiger partial charge on any atom is 0.446 e. The molecule has 1 saturated heterocycles. The van der Waals surface area contributed by atoms with E-state index in [-0.39, 0.29) is 22.0 Å². The predicted octanol–water partition coefficient (Wildman–Crippen LogP) is 3.09. The quantitative estimate of drug-likeness (QED) is 0.840. The van der Waals surface area contributed by atoms with E-state index >= 15 is 0 Å². The second-order valence-electron chi connectivity index (χ2n) is 3.89. The molecule has 1 fully saturated rings. The van der Waals surface area contributed by atoms with Crippen LogP contribution in [0.2, 0.25) is 0 Å². The SMILES string of the molecule is O=C(O)C1CSC(c2ccc(SC(F)(F)F)cc2)N1. The van der Waals surface area contributed by atoms with Gasteiger partial charge in [0.05, 0.1) is 5.37 Å². The zero-order valence-electron chi connectivity index (χ0n) is 9.48. The van der Waals surface area contributed by atoms with Gasteiger partial charge in [-0.3, -0.25) is 10.1 Å². The topological polar surface area (TPSA) is 49.3 Å². The lowest BCUT2D eigenvalue weighted by atomic mass is 10.2. The fourth-order valence-electron chi connectivity index (χ4n) is 1.65. The van der Waals surface area contributed by atoms with Crippen molar-refractivity contribution in [2.45, 2.75) is 21.8 Å². The van der Waals surface area contributed by atoms with Gasteiger partial charge in [-0.05, 0) is 29.5 Å². The summed E-state index contributed by atoms with van der Waals surface area (Å²) in [6.45, 7) is 0. The maximum absolute atomic E-state index is 12.2. The Morgan fingerprint density at radius 3 is 2.47 bits per heavy atom. The molecule has 0 aliphatic carbocycles. The Kier molecular flexibility index (Phi) is 4.32. The molecule has 0 radical (unpaired) electrons. The summed E-state index contributed by atoms with van der Waals surface area (Å²) in [7, 11) is 0. The largest absolute Gasteiger partial charge is 0.480 e. The number of carboxylic acids is 1. The van der Waals surface area contributed by atoms with E-state index in [0.29, 0.717) is 5.75 Å². The highest BCUT2D eigenvalue weighted by atomic mass is 32.2. The molecule has 2 N–H and O–H groups in total. The van der Waals surface area contributed by atoms with Crippen LogP contribution in [0.25, 0.3) is 0 Å². The van der Waals surface area contributed by atoms with Gasteiger partial charge in [-0.25, -0.2) is 0 Å². The molecule has 104 valence electrons. The number of thioether (sulfide) groups is 2. The molecule has 1 aromatic carbocycles. The Morgan fingerprint density at radius 2 is 2.00 bits per heavy atom. The molecule has 2 atom stereocenters. The van der Waals surface area contributed by atoms with E-state index in [1.807, 2.05) is 0 Å². The lowest BCUT2D eigenvalue weighted by molar-refractivity contribution is -0.138. The summed E-state index contributed by atoms with van der Waals surface area (Å²) in [5, 5.41) is 11.6. The molecule has 1 aromatic rings. The number of halogens is 3. The molecule has 2 unspecified atom stereocenters. The first kappa shape index (κ1) is 14.5. The van der Waals surface area contributed by atoms with E-state index in [1.165, 1.54) is 23.9 Å². The minimum absolute atomic E-state index is 0.119. The van der Waals surface area contributed by atoms with Gasteiger partial charge in [0.25, 0.3) is 0 Å². The minimum Gasteiger partial charge on any atom is -0.480 e. The molecular weight excluding hydrogens is 299 g/mol. The van der Waals surface area contributed by atoms with Crippen molar-refractivity contribution in [2.75, 3.05) is 5.75 Å². The molecule has 19 heavy (non-hydrogen) atoms. The lowest BCUT2D eigenvalue weighted by Crippen LogP contribution is -2.33. The van der Waals surface area contributed by atoms with Crippen LogP contribution in [-0.2, 0) is 4.79 Å². The smallest absolute Gasteiger partial charge is 0.446 e. The normalized spacial score (nSPS) is 23.5. The number of aliphatic carboxylic acids is 1. The standard InChI is InChI=1S/C11H10F3NO2S2/c12-11(13,14)19-7-3-1-6(2-4-7)9-15-8(5-18-9)10(16)17/h1-4,8-9,15H,5H2,(H,16,17). The summed E-state index contributed by atoms with van der Waals surface area (Å²) in [5.41, 5.74) is -3.52. The lowest BCUT2D eigenvalue weighted by Gasteiger charge is -2.12. The van der Waals surface area contributed by atoms with E-state index in [1.54, 1.807) is 12.1 Å². The number of nitrogens with one attached hydrogen (secondary N) is 1. The van der Waals surface area contributed by atoms with E-state index in [9.17, 15) is 18.0 Å². The Bertz CT molecular complexity index is 464. The maximum atomic E-state index is 12.2. The summed E-state index contributed by atoms with van der Waals surface area (Å²) in [4.78, 5) is 10.9. The first-order valence-corrected chi connectivity index (χ1v) is 7.18. The number of carbonyl (C=O) groups is 1. The van der Waals surface area contributed by atoms with Gasteiger partial charge < -0.3 is 5.11 Å². The molecular formula is C11H10F3NO2S2. The van der Waals surface area contributed by atoms with Crippen LogP contribution in [0.15, 0.2) is 29.2 Å². The highest BCUT2D eigenvalue weighted by Gasteiger charge is 2.31. The summed E-state index contributed by atoms with van der Waals surface area (Å²) in [5.74, 6) is -0.474. The molecule has 0 aromatic heterocycles. The summed E-state index contributed by atoms with van der Waals surface area (Å²) >= 11 is 1.27. The monoisotopic (exact) mass is 309 g/mol. The van der Waals surface area contributed by atoms with Gasteiger partial charge in [-0.1, -0.05) is 12.1 Å². The summed E-state index contributed by atoms with van der Waals surface area (Å²) in [6, 6.07) is 5.35. The summed E-state index contributed by atoms with van der Waals surface area (Å²) in [6.07, 6.45) is 0. The van der Waals surface area contributed by atoms with Crippen LogP contribution < -0.4 is 5.32 Å². The van der Waals surface area contributed by atoms with Crippen LogP contribution in [0, 0.1) is 0 Å². The Hall–Kier alpha value is -0.860. The van der Waals surface area contributed by atoms with Crippen LogP contribution in [0.5, 0.6) is 0 Å². The second-order valence-corrected chi connectivity index (χ2v) is 6.16. The predicted molar refractivity (Wildman–Crippen MR) is 68.1 cm³/mol. The first-order chi connectivity index (χ1) is 8.85. The van der Waals surface area contributed by atoms with Crippen molar-refractivity contribution in [3.63, 3.8) is 0 Å². The first-order valence-electron chi connectivity index (χ1n) is 5.31. The average molecular weight is 309 g/mol. The number of benzene rings is 1. The van der Waals surface area contributed by atoms with Crippen molar-refractivity contribution in [3.05, 3.63) is 29.8 Å². The molecule has 3 nitrogen and oxygen atoms in total. The van der Waals surface area contributed by atoms with Gasteiger partial charge in [-0.2, -0.15) is 13.2 Å². The molecule has 0 bridgehead atoms. The van der Waals surface area contributed by atoms with Crippen LogP contribution in [0.1, 0.15) is 10.9 Å². The Labute approximate surface area is 115 Å². The highest BCUT2D eigenvalue weighted by molar-refractivity contribution is 8.00. The highest BCUT2D eigenvalue weighted by Crippen LogP contribution is 2.38. The van der Waals surface area contributed by atoms with Gasteiger partial charge in [-0.15, -0.1) is 11.8 Å². The number of hydrogen-bond acceptors (Lipinski definition) is 4. The minimum atomic E-state index is -4.30. The van der Waals surface area contributed by atoms with Gasteiger partial charge >= 0.3 is 11.5 Å². The molecule has 0 amide bonds. The zero-order valence-corrected chi connectivity index (χ0v) is 11.1. The molecule has 0 spiro atoms. The third-order valence-corrected chi connectivity index (χ3v) is 4.50. The number of alkyl halides is 3. The van der Waals surface area contributed by atoms with E-state index in [2.05, 4.69) is 5.32 Å². The van der Waals surface area contributed by atoms with Crippen molar-refractivity contribution in [1.29, 1.82) is 0 Å². The zero-order chi connectivity index (χ0) is 14.0. The third kappa shape index (κ3) is 4.05. The third-order valence-electron chi connectivity index (χ3n) is 2.50. The molecule has 1 aliphatic heterocycles. The number of rotatable bonds is 3. The van der Waals surface area contributed by atoms with Crippen molar-refractivity contribution in [1.82, 2.24) is 5.32 Å². The number of carboxylic acid groups (broad SMARTS) is 1. The van der Waals surface area contributed by atoms with E-state index in [0.717, 1.165) is 5.56 Å². The van der Waals surface area contributed by atoms with Gasteiger partial charge in [0, 0.05) is 10.6 Å². The molecule has 2 rings (SSSR count). The number of hydrogen-bond donors (Lipinski definition) is 2. The second kappa shape index (κ2) is 5.64. The fourth-order valence-corrected chi connectivity index (χ4v) is 3.42. The fraction of sp³-hybridized carbons (Fsp3) is 0.364. The van der Waals surface area contributed by atoms with Crippen LogP contribution in [0.4, 0.5) is 13.2 Å². The molecule has 8 heteroatoms. The van der Waals surface area contributed by atoms with Gasteiger partial charge in [0.15, 0.2) is 0 Å². The van der Waals surface area contributed by atoms with Crippen molar-refractivity contribution in [3.8, 4) is 0 Å². The van der Waals surface area contributed by atoms with Crippen molar-refractivity contribution in [2.24, 2.45) is 0 Å². The van der Waals surface area contributed by atoms with Gasteiger partial charge in [0.2, 0.25) is 0 Å². The van der Waals surface area contributed by atoms with Crippen LogP contribution >= 0.6 is 23.5 Å². The van der Waals surface area contributed by atoms with E-state index < -0.39 is 17.5 Å². The molecule has 1 heterocycles. The van der Waals surface area contributed by atoms with Crippen LogP contribution in [-0.4, -0.2) is 28.4 Å². The summed E-state index contributed by atoms with van der Waals surface area (Å²) < 4.78 is 36.5. The van der Waals surface area contributed by atoms with Crippen LogP contribution in [0.3, 0.4) is 0 Å². The van der Waals surface area contributed by atoms with E-state index in [4.69, 9.17) is 5.11 Å².